The summed E-state index contributed by atoms with van der Waals surface area (Å²) in [5.41, 5.74) is 0. The first-order valence-electron chi connectivity index (χ1n) is 3.56. The van der Waals surface area contributed by atoms with Gasteiger partial charge in [-0.05, 0) is 11.4 Å². The Morgan fingerprint density at radius 2 is 2.62 bits per heavy atom. The Hall–Kier alpha value is -0.860. The summed E-state index contributed by atoms with van der Waals surface area (Å²) >= 11 is 4.47. The van der Waals surface area contributed by atoms with Crippen LogP contribution in [0.1, 0.15) is 10.9 Å². The van der Waals surface area contributed by atoms with Gasteiger partial charge in [-0.25, -0.2) is 0 Å². The van der Waals surface area contributed by atoms with Crippen molar-refractivity contribution in [1.29, 1.82) is 5.26 Å². The largest absolute Gasteiger partial charge is 0.335 e. The maximum absolute atomic E-state index is 11.0. The first kappa shape index (κ1) is 10.2. The van der Waals surface area contributed by atoms with E-state index in [-0.39, 0.29) is 11.2 Å². The number of hydrogen-bond donors (Lipinski definition) is 1. The van der Waals surface area contributed by atoms with E-state index in [4.69, 9.17) is 5.26 Å². The lowest BCUT2D eigenvalue weighted by atomic mass is 10.2. The van der Waals surface area contributed by atoms with Gasteiger partial charge in [0.05, 0.1) is 11.4 Å². The average Bonchev–Trinajstić information content (AvgIpc) is 2.66. The molecule has 0 spiro atoms. The Labute approximate surface area is 88.5 Å². The fourth-order valence-corrected chi connectivity index (χ4v) is 1.70. The zero-order valence-electron chi connectivity index (χ0n) is 6.66. The Kier molecular flexibility index (Phi) is 3.93. The van der Waals surface area contributed by atoms with Gasteiger partial charge in [-0.15, -0.1) is 11.3 Å². The molecule has 0 radical (unpaired) electrons. The molecule has 0 bridgehead atoms. The summed E-state index contributed by atoms with van der Waals surface area (Å²) in [4.78, 5) is 11.8. The molecule has 1 aromatic rings. The van der Waals surface area contributed by atoms with Gasteiger partial charge < -0.3 is 5.32 Å². The number of alkyl halides is 1. The highest BCUT2D eigenvalue weighted by atomic mass is 79.9. The van der Waals surface area contributed by atoms with Gasteiger partial charge >= 0.3 is 0 Å². The fourth-order valence-electron chi connectivity index (χ4n) is 0.822. The second-order valence-corrected chi connectivity index (χ2v) is 3.82. The number of halogens is 1. The first-order chi connectivity index (χ1) is 6.27. The molecule has 0 aliphatic heterocycles. The average molecular weight is 259 g/mol. The van der Waals surface area contributed by atoms with E-state index in [1.165, 1.54) is 11.3 Å². The number of carbonyl (C=O) groups is 1. The van der Waals surface area contributed by atoms with Crippen molar-refractivity contribution in [3.63, 3.8) is 0 Å². The van der Waals surface area contributed by atoms with E-state index < -0.39 is 6.04 Å². The molecule has 0 aliphatic carbocycles. The molecule has 0 saturated carbocycles. The van der Waals surface area contributed by atoms with Crippen molar-refractivity contribution in [2.45, 2.75) is 6.04 Å². The molecule has 1 rings (SSSR count). The number of rotatable bonds is 3. The van der Waals surface area contributed by atoms with Crippen LogP contribution in [-0.2, 0) is 4.79 Å². The molecule has 0 saturated heterocycles. The summed E-state index contributed by atoms with van der Waals surface area (Å²) in [6.07, 6.45) is 0. The van der Waals surface area contributed by atoms with Gasteiger partial charge in [-0.1, -0.05) is 22.0 Å². The number of amides is 1. The molecule has 1 N–H and O–H groups in total. The standard InChI is InChI=1S/C8H7BrN2OS/c9-4-8(12)11-6(5-10)7-2-1-3-13-7/h1-3,6H,4H2,(H,11,12). The van der Waals surface area contributed by atoms with Crippen LogP contribution in [0.2, 0.25) is 0 Å². The van der Waals surface area contributed by atoms with Crippen molar-refractivity contribution in [3.8, 4) is 6.07 Å². The second-order valence-electron chi connectivity index (χ2n) is 2.28. The Balaban J connectivity index is 2.66. The van der Waals surface area contributed by atoms with Crippen molar-refractivity contribution in [3.05, 3.63) is 22.4 Å². The molecule has 0 fully saturated rings. The smallest absolute Gasteiger partial charge is 0.231 e. The van der Waals surface area contributed by atoms with Crippen LogP contribution in [0.3, 0.4) is 0 Å². The minimum Gasteiger partial charge on any atom is -0.335 e. The highest BCUT2D eigenvalue weighted by Crippen LogP contribution is 2.17. The molecule has 1 amide bonds. The number of carbonyl (C=O) groups excluding carboxylic acids is 1. The fraction of sp³-hybridized carbons (Fsp3) is 0.250. The van der Waals surface area contributed by atoms with Crippen LogP contribution in [0.5, 0.6) is 0 Å². The molecular formula is C8H7BrN2OS. The number of thiophene rings is 1. The Bertz CT molecular complexity index is 317. The van der Waals surface area contributed by atoms with Crippen LogP contribution < -0.4 is 5.32 Å². The third-order valence-electron chi connectivity index (χ3n) is 1.38. The number of nitriles is 1. The van der Waals surface area contributed by atoms with Crippen LogP contribution in [0.25, 0.3) is 0 Å². The van der Waals surface area contributed by atoms with Gasteiger partial charge in [-0.3, -0.25) is 4.79 Å². The summed E-state index contributed by atoms with van der Waals surface area (Å²) < 4.78 is 0. The lowest BCUT2D eigenvalue weighted by Crippen LogP contribution is -2.27. The summed E-state index contributed by atoms with van der Waals surface area (Å²) in [6, 6.07) is 5.18. The van der Waals surface area contributed by atoms with Gasteiger partial charge in [0, 0.05) is 4.88 Å². The summed E-state index contributed by atoms with van der Waals surface area (Å²) in [5.74, 6) is -0.181. The highest BCUT2D eigenvalue weighted by Gasteiger charge is 2.13. The van der Waals surface area contributed by atoms with Crippen LogP contribution in [0.4, 0.5) is 0 Å². The molecule has 1 heterocycles. The Morgan fingerprint density at radius 1 is 1.85 bits per heavy atom. The maximum Gasteiger partial charge on any atom is 0.231 e. The molecule has 1 aromatic heterocycles. The molecule has 5 heteroatoms. The van der Waals surface area contributed by atoms with Gasteiger partial charge in [0.2, 0.25) is 5.91 Å². The normalized spacial score (nSPS) is 11.7. The van der Waals surface area contributed by atoms with E-state index in [0.717, 1.165) is 4.88 Å². The molecule has 68 valence electrons. The molecule has 0 aliphatic rings. The molecule has 0 aromatic carbocycles. The lowest BCUT2D eigenvalue weighted by Gasteiger charge is -2.07. The predicted octanol–water partition coefficient (Wildman–Crippen LogP) is 1.82. The highest BCUT2D eigenvalue weighted by molar-refractivity contribution is 9.09. The van der Waals surface area contributed by atoms with E-state index >= 15 is 0 Å². The van der Waals surface area contributed by atoms with Crippen LogP contribution in [-0.4, -0.2) is 11.2 Å². The van der Waals surface area contributed by atoms with Crippen molar-refractivity contribution in [2.24, 2.45) is 0 Å². The third-order valence-corrected chi connectivity index (χ3v) is 2.83. The van der Waals surface area contributed by atoms with E-state index in [0.29, 0.717) is 0 Å². The van der Waals surface area contributed by atoms with Crippen molar-refractivity contribution < 1.29 is 4.79 Å². The molecule has 1 atom stereocenters. The predicted molar refractivity (Wildman–Crippen MR) is 54.6 cm³/mol. The van der Waals surface area contributed by atoms with Gasteiger partial charge in [0.15, 0.2) is 6.04 Å². The van der Waals surface area contributed by atoms with Gasteiger partial charge in [0.25, 0.3) is 0 Å². The molecular weight excluding hydrogens is 252 g/mol. The second kappa shape index (κ2) is 5.00. The first-order valence-corrected chi connectivity index (χ1v) is 5.56. The number of nitrogens with zero attached hydrogens (tertiary/aromatic N) is 1. The van der Waals surface area contributed by atoms with E-state index in [1.54, 1.807) is 0 Å². The lowest BCUT2D eigenvalue weighted by molar-refractivity contribution is -0.118. The number of nitrogens with one attached hydrogen (secondary N) is 1. The zero-order valence-corrected chi connectivity index (χ0v) is 9.06. The molecule has 13 heavy (non-hydrogen) atoms. The van der Waals surface area contributed by atoms with Crippen LogP contribution in [0.15, 0.2) is 17.5 Å². The monoisotopic (exact) mass is 258 g/mol. The number of hydrogen-bond acceptors (Lipinski definition) is 3. The topological polar surface area (TPSA) is 52.9 Å². The van der Waals surface area contributed by atoms with E-state index in [1.807, 2.05) is 23.6 Å². The quantitative estimate of drug-likeness (QED) is 0.842. The van der Waals surface area contributed by atoms with Crippen molar-refractivity contribution in [1.82, 2.24) is 5.32 Å². The van der Waals surface area contributed by atoms with E-state index in [9.17, 15) is 4.79 Å². The Morgan fingerprint density at radius 3 is 3.08 bits per heavy atom. The summed E-state index contributed by atoms with van der Waals surface area (Å²) in [7, 11) is 0. The molecule has 3 nitrogen and oxygen atoms in total. The van der Waals surface area contributed by atoms with E-state index in [2.05, 4.69) is 21.2 Å². The zero-order chi connectivity index (χ0) is 9.68. The van der Waals surface area contributed by atoms with Crippen LogP contribution >= 0.6 is 27.3 Å². The van der Waals surface area contributed by atoms with Gasteiger partial charge in [-0.2, -0.15) is 5.26 Å². The minimum absolute atomic E-state index is 0.181. The maximum atomic E-state index is 11.0. The van der Waals surface area contributed by atoms with Crippen molar-refractivity contribution >= 4 is 33.2 Å². The summed E-state index contributed by atoms with van der Waals surface area (Å²) in [5, 5.41) is 13.4. The molecule has 1 unspecified atom stereocenters. The van der Waals surface area contributed by atoms with Crippen LogP contribution in [0, 0.1) is 11.3 Å². The third kappa shape index (κ3) is 2.83. The summed E-state index contributed by atoms with van der Waals surface area (Å²) in [6.45, 7) is 0. The van der Waals surface area contributed by atoms with Gasteiger partial charge in [0.1, 0.15) is 0 Å². The minimum atomic E-state index is -0.523. The van der Waals surface area contributed by atoms with Crippen molar-refractivity contribution in [2.75, 3.05) is 5.33 Å². The SMILES string of the molecule is N#CC(NC(=O)CBr)c1cccs1.